The van der Waals surface area contributed by atoms with Gasteiger partial charge >= 0.3 is 0 Å². The first-order valence-electron chi connectivity index (χ1n) is 5.64. The van der Waals surface area contributed by atoms with Gasteiger partial charge in [-0.25, -0.2) is 4.98 Å². The number of benzene rings is 1. The zero-order chi connectivity index (χ0) is 14.7. The Balaban J connectivity index is 2.47. The van der Waals surface area contributed by atoms with Crippen LogP contribution in [0.4, 0.5) is 0 Å². The molecule has 0 saturated heterocycles. The third kappa shape index (κ3) is 3.21. The first kappa shape index (κ1) is 15.5. The summed E-state index contributed by atoms with van der Waals surface area (Å²) in [5.41, 5.74) is 1.09. The van der Waals surface area contributed by atoms with Gasteiger partial charge in [0.15, 0.2) is 0 Å². The number of halogens is 2. The molecule has 1 heterocycles. The molecule has 0 aliphatic carbocycles. The summed E-state index contributed by atoms with van der Waals surface area (Å²) in [6, 6.07) is 5.67. The molecule has 1 unspecified atom stereocenters. The summed E-state index contributed by atoms with van der Waals surface area (Å²) >= 11 is 5.56. The minimum Gasteiger partial charge on any atom is -0.480 e. The molecule has 0 saturated carbocycles. The van der Waals surface area contributed by atoms with E-state index in [1.54, 1.807) is 0 Å². The fourth-order valence-corrected chi connectivity index (χ4v) is 2.68. The number of hydrogen-bond acceptors (Lipinski definition) is 5. The van der Waals surface area contributed by atoms with Gasteiger partial charge in [-0.1, -0.05) is 15.9 Å². The molecule has 0 spiro atoms. The summed E-state index contributed by atoms with van der Waals surface area (Å²) in [5, 5.41) is 10.5. The number of aliphatic hydroxyl groups excluding tert-OH is 1. The van der Waals surface area contributed by atoms with Gasteiger partial charge in [-0.05, 0) is 40.8 Å². The third-order valence-electron chi connectivity index (χ3n) is 2.66. The maximum Gasteiger partial charge on any atom is 0.241 e. The van der Waals surface area contributed by atoms with Crippen molar-refractivity contribution in [1.29, 1.82) is 0 Å². The van der Waals surface area contributed by atoms with Gasteiger partial charge in [-0.2, -0.15) is 4.98 Å². The lowest BCUT2D eigenvalue weighted by atomic mass is 10.1. The van der Waals surface area contributed by atoms with Gasteiger partial charge in [0.05, 0.1) is 20.4 Å². The van der Waals surface area contributed by atoms with E-state index in [1.165, 1.54) is 20.4 Å². The molecule has 2 rings (SSSR count). The van der Waals surface area contributed by atoms with E-state index in [0.717, 1.165) is 13.6 Å². The molecule has 0 bridgehead atoms. The molecule has 0 amide bonds. The molecule has 1 N–H and O–H groups in total. The molecule has 106 valence electrons. The largest absolute Gasteiger partial charge is 0.480 e. The minimum absolute atomic E-state index is 0.243. The van der Waals surface area contributed by atoms with E-state index in [0.29, 0.717) is 11.6 Å². The van der Waals surface area contributed by atoms with E-state index < -0.39 is 6.10 Å². The number of aromatic nitrogens is 2. The fraction of sp³-hybridized carbons (Fsp3) is 0.231. The zero-order valence-electron chi connectivity index (χ0n) is 10.8. The number of nitrogens with zero attached hydrogens (tertiary/aromatic N) is 2. The van der Waals surface area contributed by atoms with Crippen LogP contribution in [0.15, 0.2) is 28.9 Å². The van der Waals surface area contributed by atoms with Crippen molar-refractivity contribution >= 4 is 38.5 Å². The lowest BCUT2D eigenvalue weighted by Crippen LogP contribution is -2.08. The molecule has 2 aromatic rings. The smallest absolute Gasteiger partial charge is 0.241 e. The van der Waals surface area contributed by atoms with Crippen LogP contribution in [-0.2, 0) is 0 Å². The van der Waals surface area contributed by atoms with Crippen molar-refractivity contribution in [1.82, 2.24) is 9.97 Å². The first-order chi connectivity index (χ1) is 9.56. The van der Waals surface area contributed by atoms with Crippen molar-refractivity contribution in [3.05, 3.63) is 43.7 Å². The number of hydrogen-bond donors (Lipinski definition) is 1. The van der Waals surface area contributed by atoms with E-state index in [4.69, 9.17) is 9.47 Å². The predicted octanol–water partition coefficient (Wildman–Crippen LogP) is 2.94. The Bertz CT molecular complexity index is 625. The molecule has 1 atom stereocenters. The normalized spacial score (nSPS) is 12.1. The Morgan fingerprint density at radius 2 is 2.05 bits per heavy atom. The van der Waals surface area contributed by atoms with Crippen LogP contribution >= 0.6 is 38.5 Å². The Morgan fingerprint density at radius 3 is 2.70 bits per heavy atom. The minimum atomic E-state index is -0.923. The summed E-state index contributed by atoms with van der Waals surface area (Å²) < 4.78 is 12.0. The van der Waals surface area contributed by atoms with Crippen molar-refractivity contribution in [2.75, 3.05) is 14.2 Å². The molecule has 0 radical (unpaired) electrons. The van der Waals surface area contributed by atoms with Gasteiger partial charge in [0.25, 0.3) is 0 Å². The molecule has 0 fully saturated rings. The average Bonchev–Trinajstić information content (AvgIpc) is 2.48. The highest BCUT2D eigenvalue weighted by Crippen LogP contribution is 2.32. The highest BCUT2D eigenvalue weighted by molar-refractivity contribution is 14.1. The quantitative estimate of drug-likeness (QED) is 0.725. The molecule has 20 heavy (non-hydrogen) atoms. The van der Waals surface area contributed by atoms with Crippen LogP contribution in [0.3, 0.4) is 0 Å². The van der Waals surface area contributed by atoms with Crippen LogP contribution in [0.5, 0.6) is 11.8 Å². The van der Waals surface area contributed by atoms with Crippen LogP contribution in [0, 0.1) is 3.57 Å². The van der Waals surface area contributed by atoms with Gasteiger partial charge in [0.1, 0.15) is 11.8 Å². The van der Waals surface area contributed by atoms with Gasteiger partial charge in [-0.3, -0.25) is 0 Å². The van der Waals surface area contributed by atoms with E-state index in [-0.39, 0.29) is 5.88 Å². The fourth-order valence-electron chi connectivity index (χ4n) is 1.67. The third-order valence-corrected chi connectivity index (χ3v) is 4.13. The number of methoxy groups -OCH3 is 2. The lowest BCUT2D eigenvalue weighted by molar-refractivity contribution is 0.205. The Hall–Kier alpha value is -0.930. The summed E-state index contributed by atoms with van der Waals surface area (Å²) in [5.74, 6) is 0.578. The number of aliphatic hydroxyl groups is 1. The SMILES string of the molecule is COc1cnc(C(O)c2cc(Br)ccc2I)c(OC)n1. The Kier molecular flexibility index (Phi) is 5.17. The van der Waals surface area contributed by atoms with Crippen LogP contribution in [0.25, 0.3) is 0 Å². The predicted molar refractivity (Wildman–Crippen MR) is 86.1 cm³/mol. The topological polar surface area (TPSA) is 64.5 Å². The van der Waals surface area contributed by atoms with Crippen molar-refractivity contribution in [2.24, 2.45) is 0 Å². The van der Waals surface area contributed by atoms with E-state index in [2.05, 4.69) is 48.5 Å². The maximum atomic E-state index is 10.5. The second-order valence-corrected chi connectivity index (χ2v) is 5.95. The van der Waals surface area contributed by atoms with Gasteiger partial charge in [0.2, 0.25) is 11.8 Å². The second-order valence-electron chi connectivity index (χ2n) is 3.88. The molecule has 1 aromatic heterocycles. The van der Waals surface area contributed by atoms with Crippen molar-refractivity contribution in [3.63, 3.8) is 0 Å². The molecule has 5 nitrogen and oxygen atoms in total. The summed E-state index contributed by atoms with van der Waals surface area (Å²) in [6.45, 7) is 0. The van der Waals surface area contributed by atoms with Crippen LogP contribution in [0.1, 0.15) is 17.4 Å². The van der Waals surface area contributed by atoms with E-state index in [9.17, 15) is 5.11 Å². The molecule has 0 aliphatic heterocycles. The lowest BCUT2D eigenvalue weighted by Gasteiger charge is -2.15. The highest BCUT2D eigenvalue weighted by Gasteiger charge is 2.21. The molecular weight excluding hydrogens is 439 g/mol. The van der Waals surface area contributed by atoms with E-state index in [1.807, 2.05) is 18.2 Å². The maximum absolute atomic E-state index is 10.5. The van der Waals surface area contributed by atoms with Gasteiger partial charge in [-0.15, -0.1) is 0 Å². The van der Waals surface area contributed by atoms with Crippen molar-refractivity contribution < 1.29 is 14.6 Å². The summed E-state index contributed by atoms with van der Waals surface area (Å²) in [7, 11) is 2.97. The molecule has 7 heteroatoms. The van der Waals surface area contributed by atoms with Crippen molar-refractivity contribution in [2.45, 2.75) is 6.10 Å². The van der Waals surface area contributed by atoms with Crippen molar-refractivity contribution in [3.8, 4) is 11.8 Å². The Labute approximate surface area is 138 Å². The van der Waals surface area contributed by atoms with Crippen LogP contribution < -0.4 is 9.47 Å². The van der Waals surface area contributed by atoms with Gasteiger partial charge < -0.3 is 14.6 Å². The highest BCUT2D eigenvalue weighted by atomic mass is 127. The van der Waals surface area contributed by atoms with Crippen LogP contribution in [0.2, 0.25) is 0 Å². The standard InChI is InChI=1S/C13H12BrIN2O3/c1-19-10-6-16-11(13(17-10)20-2)12(18)8-5-7(14)3-4-9(8)15/h3-6,12,18H,1-2H3. The van der Waals surface area contributed by atoms with E-state index >= 15 is 0 Å². The molecule has 1 aromatic carbocycles. The summed E-state index contributed by atoms with van der Waals surface area (Å²) in [4.78, 5) is 8.31. The van der Waals surface area contributed by atoms with Gasteiger partial charge in [0, 0.05) is 13.6 Å². The number of rotatable bonds is 4. The first-order valence-corrected chi connectivity index (χ1v) is 7.52. The Morgan fingerprint density at radius 1 is 1.30 bits per heavy atom. The average molecular weight is 451 g/mol. The van der Waals surface area contributed by atoms with Crippen LogP contribution in [-0.4, -0.2) is 29.3 Å². The zero-order valence-corrected chi connectivity index (χ0v) is 14.5. The monoisotopic (exact) mass is 450 g/mol. The summed E-state index contributed by atoms with van der Waals surface area (Å²) in [6.07, 6.45) is 0.527. The molecular formula is C13H12BrIN2O3. The second kappa shape index (κ2) is 6.68. The number of ether oxygens (including phenoxy) is 2. The molecule has 0 aliphatic rings.